The fraction of sp³-hybridized carbons (Fsp3) is 0.432. The molecule has 1 saturated heterocycles. The number of hydrogen-bond donors (Lipinski definition) is 4. The van der Waals surface area contributed by atoms with E-state index >= 15 is 0 Å². The predicted molar refractivity (Wildman–Crippen MR) is 188 cm³/mol. The number of nitrogens with one attached hydrogen (secondary N) is 3. The zero-order chi connectivity index (χ0) is 34.1. The molecule has 2 fully saturated rings. The summed E-state index contributed by atoms with van der Waals surface area (Å²) in [6, 6.07) is 19.7. The molecule has 3 aromatic carbocycles. The van der Waals surface area contributed by atoms with Crippen LogP contribution in [0.15, 0.2) is 60.7 Å². The van der Waals surface area contributed by atoms with E-state index in [2.05, 4.69) is 86.4 Å². The highest BCUT2D eigenvalue weighted by Crippen LogP contribution is 2.59. The summed E-state index contributed by atoms with van der Waals surface area (Å²) in [5, 5.41) is 33.2. The number of aliphatic carboxylic acids is 1. The van der Waals surface area contributed by atoms with Gasteiger partial charge in [0.2, 0.25) is 11.7 Å². The first-order chi connectivity index (χ1) is 23.5. The van der Waals surface area contributed by atoms with E-state index < -0.39 is 17.4 Å². The van der Waals surface area contributed by atoms with E-state index in [1.807, 2.05) is 24.3 Å². The number of carboxylic acids is 1. The second-order valence-corrected chi connectivity index (χ2v) is 15.7. The van der Waals surface area contributed by atoms with Crippen LogP contribution in [-0.4, -0.2) is 62.3 Å². The maximum absolute atomic E-state index is 14.6. The van der Waals surface area contributed by atoms with Gasteiger partial charge < -0.3 is 20.6 Å². The largest absolute Gasteiger partial charge is 0.481 e. The number of fused-ring (bicyclic) bond motifs is 5. The molecule has 4 bridgehead atoms. The molecule has 1 saturated carbocycles. The number of carboxylic acid groups (broad SMARTS) is 1. The van der Waals surface area contributed by atoms with Gasteiger partial charge in [-0.2, -0.15) is 5.21 Å². The van der Waals surface area contributed by atoms with Crippen LogP contribution in [0.5, 0.6) is 0 Å². The number of hydrogen-bond acceptors (Lipinski definition) is 7. The maximum Gasteiger partial charge on any atom is 0.306 e. The van der Waals surface area contributed by atoms with Crippen LogP contribution in [0.1, 0.15) is 74.1 Å². The highest BCUT2D eigenvalue weighted by molar-refractivity contribution is 6.31. The lowest BCUT2D eigenvalue weighted by atomic mass is 9.61. The minimum Gasteiger partial charge on any atom is -0.481 e. The topological polar surface area (TPSA) is 136 Å². The van der Waals surface area contributed by atoms with Crippen LogP contribution >= 0.6 is 23.2 Å². The zero-order valence-electron chi connectivity index (χ0n) is 27.4. The quantitative estimate of drug-likeness (QED) is 0.199. The lowest BCUT2D eigenvalue weighted by Gasteiger charge is -2.42. The number of nitrogens with zero attached hydrogens (tertiary/aromatic N) is 4. The fourth-order valence-corrected chi connectivity index (χ4v) is 9.74. The van der Waals surface area contributed by atoms with Crippen molar-refractivity contribution in [1.82, 2.24) is 31.3 Å². The van der Waals surface area contributed by atoms with Crippen LogP contribution in [0.3, 0.4) is 0 Å². The van der Waals surface area contributed by atoms with Crippen LogP contribution < -0.4 is 15.5 Å². The molecule has 49 heavy (non-hydrogen) atoms. The molecular weight excluding hydrogens is 661 g/mol. The molecule has 4 N–H and O–H groups in total. The number of halogens is 2. The molecule has 4 atom stereocenters. The summed E-state index contributed by atoms with van der Waals surface area (Å²) in [6.07, 6.45) is 3.06. The van der Waals surface area contributed by atoms with Crippen molar-refractivity contribution >= 4 is 40.8 Å². The normalized spacial score (nSPS) is 28.4. The van der Waals surface area contributed by atoms with Gasteiger partial charge in [0.15, 0.2) is 0 Å². The van der Waals surface area contributed by atoms with Crippen molar-refractivity contribution in [3.05, 3.63) is 93.0 Å². The van der Waals surface area contributed by atoms with Crippen molar-refractivity contribution in [3.8, 4) is 11.4 Å². The van der Waals surface area contributed by atoms with Gasteiger partial charge >= 0.3 is 5.97 Å². The maximum atomic E-state index is 14.6. The Morgan fingerprint density at radius 1 is 1.00 bits per heavy atom. The molecule has 4 aliphatic rings. The number of aromatic amines is 1. The smallest absolute Gasteiger partial charge is 0.306 e. The van der Waals surface area contributed by atoms with Gasteiger partial charge in [0.05, 0.1) is 12.0 Å². The summed E-state index contributed by atoms with van der Waals surface area (Å²) in [4.78, 5) is 28.7. The van der Waals surface area contributed by atoms with E-state index in [4.69, 9.17) is 23.2 Å². The standard InChI is InChI=1S/C37H39Cl2N7O3/c1-36(2)17-30-37(31(25-5-3-4-6-28(25)39)32(41-30)34(47)40-23-11-8-21(9-12-23)35(48)49)19-46(29-14-10-22(38)16-27(29)37)18-20-7-13-24(26(36)15-20)33-42-44-45-43-33/h3-7,10,13-16,21,23,30-32,41H,8-9,11-12,17-19H2,1-2H3,(H,40,47)(H,48,49)(H,42,43,44,45)/t21?,23?,30-,31-,32+,37-/m0/s1. The van der Waals surface area contributed by atoms with Crippen molar-refractivity contribution in [1.29, 1.82) is 0 Å². The Morgan fingerprint density at radius 2 is 1.80 bits per heavy atom. The molecule has 3 aliphatic heterocycles. The van der Waals surface area contributed by atoms with E-state index in [1.165, 1.54) is 5.56 Å². The fourth-order valence-electron chi connectivity index (χ4n) is 9.31. The van der Waals surface area contributed by atoms with E-state index in [-0.39, 0.29) is 35.2 Å². The SMILES string of the molecule is CC1(C)C[C@@H]2N[C@@H](C(=O)NC3CCC(C(=O)O)CC3)[C@H](c3ccccc3Cl)[C@]23CN(Cc2ccc(-c4nn[nH]n4)c1c2)c1ccc(Cl)cc13. The van der Waals surface area contributed by atoms with Crippen molar-refractivity contribution in [3.63, 3.8) is 0 Å². The average molecular weight is 701 g/mol. The van der Waals surface area contributed by atoms with Gasteiger partial charge in [-0.05, 0) is 89.3 Å². The van der Waals surface area contributed by atoms with Crippen molar-refractivity contribution < 1.29 is 14.7 Å². The molecular formula is C37H39Cl2N7O3. The van der Waals surface area contributed by atoms with Crippen molar-refractivity contribution in [2.45, 2.75) is 87.4 Å². The van der Waals surface area contributed by atoms with Gasteiger partial charge in [0.1, 0.15) is 0 Å². The molecule has 1 spiro atoms. The van der Waals surface area contributed by atoms with E-state index in [0.29, 0.717) is 61.1 Å². The predicted octanol–water partition coefficient (Wildman–Crippen LogP) is 6.00. The molecule has 4 aromatic rings. The Kier molecular flexibility index (Phi) is 7.96. The van der Waals surface area contributed by atoms with Crippen molar-refractivity contribution in [2.75, 3.05) is 11.4 Å². The second kappa shape index (κ2) is 12.1. The monoisotopic (exact) mass is 699 g/mol. The minimum atomic E-state index is -0.762. The lowest BCUT2D eigenvalue weighted by Crippen LogP contribution is -2.50. The van der Waals surface area contributed by atoms with E-state index in [1.54, 1.807) is 0 Å². The van der Waals surface area contributed by atoms with Crippen molar-refractivity contribution in [2.24, 2.45) is 5.92 Å². The molecule has 8 rings (SSSR count). The Balaban J connectivity index is 1.27. The van der Waals surface area contributed by atoms with E-state index in [0.717, 1.165) is 27.9 Å². The van der Waals surface area contributed by atoms with Crippen LogP contribution in [-0.2, 0) is 27.0 Å². The number of carbonyl (C=O) groups excluding carboxylic acids is 1. The Morgan fingerprint density at radius 3 is 2.53 bits per heavy atom. The van der Waals surface area contributed by atoms with Crippen LogP contribution in [0.25, 0.3) is 11.4 Å². The molecule has 1 aromatic heterocycles. The summed E-state index contributed by atoms with van der Waals surface area (Å²) in [5.41, 5.74) is 5.38. The third-order valence-corrected chi connectivity index (χ3v) is 12.2. The molecule has 0 unspecified atom stereocenters. The summed E-state index contributed by atoms with van der Waals surface area (Å²) in [5.74, 6) is -0.995. The Hall–Kier alpha value is -3.99. The van der Waals surface area contributed by atoms with Crippen LogP contribution in [0.2, 0.25) is 10.0 Å². The molecule has 1 aliphatic carbocycles. The molecule has 0 radical (unpaired) electrons. The summed E-state index contributed by atoms with van der Waals surface area (Å²) < 4.78 is 0. The third-order valence-electron chi connectivity index (χ3n) is 11.6. The minimum absolute atomic E-state index is 0.0895. The number of amides is 1. The highest BCUT2D eigenvalue weighted by Gasteiger charge is 2.63. The first kappa shape index (κ1) is 32.2. The summed E-state index contributed by atoms with van der Waals surface area (Å²) >= 11 is 13.9. The number of carbonyl (C=O) groups is 2. The third kappa shape index (κ3) is 5.39. The number of aromatic nitrogens is 4. The highest BCUT2D eigenvalue weighted by atomic mass is 35.5. The first-order valence-electron chi connectivity index (χ1n) is 17.0. The summed E-state index contributed by atoms with van der Waals surface area (Å²) in [7, 11) is 0. The first-order valence-corrected chi connectivity index (χ1v) is 17.8. The van der Waals surface area contributed by atoms with Gasteiger partial charge in [0.25, 0.3) is 0 Å². The number of benzene rings is 3. The second-order valence-electron chi connectivity index (χ2n) is 14.9. The zero-order valence-corrected chi connectivity index (χ0v) is 28.9. The van der Waals surface area contributed by atoms with Crippen LogP contribution in [0.4, 0.5) is 5.69 Å². The Bertz CT molecular complexity index is 1930. The van der Waals surface area contributed by atoms with E-state index in [9.17, 15) is 14.7 Å². The van der Waals surface area contributed by atoms with Gasteiger partial charge in [-0.25, -0.2) is 0 Å². The molecule has 254 valence electrons. The molecule has 12 heteroatoms. The Labute approximate surface area is 295 Å². The molecule has 10 nitrogen and oxygen atoms in total. The van der Waals surface area contributed by atoms with Crippen LogP contribution in [0, 0.1) is 5.92 Å². The summed E-state index contributed by atoms with van der Waals surface area (Å²) in [6.45, 7) is 5.83. The number of tetrazole rings is 1. The average Bonchev–Trinajstić information content (AvgIpc) is 3.79. The number of rotatable bonds is 5. The number of anilines is 1. The number of H-pyrrole nitrogens is 1. The molecule has 4 heterocycles. The van der Waals surface area contributed by atoms with Gasteiger partial charge in [-0.1, -0.05) is 73.4 Å². The lowest BCUT2D eigenvalue weighted by molar-refractivity contribution is -0.142. The molecule has 1 amide bonds. The van der Waals surface area contributed by atoms with Gasteiger partial charge in [0, 0.05) is 57.8 Å². The van der Waals surface area contributed by atoms with Gasteiger partial charge in [-0.15, -0.1) is 10.2 Å². The van der Waals surface area contributed by atoms with Gasteiger partial charge in [-0.3, -0.25) is 9.59 Å².